The Kier molecular flexibility index (Phi) is 7.71. The summed E-state index contributed by atoms with van der Waals surface area (Å²) in [7, 11) is 2.88. The number of rotatable bonds is 8. The number of hydrogen-bond acceptors (Lipinski definition) is 4. The summed E-state index contributed by atoms with van der Waals surface area (Å²) in [5.74, 6) is -2.69. The average molecular weight is 289 g/mol. The van der Waals surface area contributed by atoms with Crippen LogP contribution in [-0.2, 0) is 14.4 Å². The zero-order valence-corrected chi connectivity index (χ0v) is 11.4. The van der Waals surface area contributed by atoms with Gasteiger partial charge in [0.15, 0.2) is 0 Å². The molecule has 0 rings (SSSR count). The van der Waals surface area contributed by atoms with Crippen molar-refractivity contribution in [1.29, 1.82) is 0 Å². The van der Waals surface area contributed by atoms with Crippen molar-refractivity contribution in [3.8, 4) is 0 Å². The molecule has 0 aromatic rings. The second kappa shape index (κ2) is 8.73. The first kappa shape index (κ1) is 17.7. The van der Waals surface area contributed by atoms with Gasteiger partial charge in [-0.2, -0.15) is 0 Å². The van der Waals surface area contributed by atoms with E-state index in [4.69, 9.17) is 10.2 Å². The van der Waals surface area contributed by atoms with Crippen LogP contribution in [0, 0.1) is 0 Å². The lowest BCUT2D eigenvalue weighted by molar-refractivity contribution is -0.140. The summed E-state index contributed by atoms with van der Waals surface area (Å²) in [6.07, 6.45) is -0.480. The first-order chi connectivity index (χ1) is 9.27. The molecule has 0 bridgehead atoms. The summed E-state index contributed by atoms with van der Waals surface area (Å²) in [6.45, 7) is 0.122. The standard InChI is InChI=1S/C11H19N3O6/c1-12-8(15)5-6-14(2)11(20)13-7(10(18)19)3-4-9(16)17/h7H,3-6H2,1-2H3,(H,12,15)(H,13,20)(H,16,17)(H,18,19)/t7-/m0/s1. The predicted octanol–water partition coefficient (Wildman–Crippen LogP) is -0.918. The minimum absolute atomic E-state index is 0.0906. The number of carbonyl (C=O) groups excluding carboxylic acids is 2. The van der Waals surface area contributed by atoms with Gasteiger partial charge in [0, 0.05) is 33.5 Å². The van der Waals surface area contributed by atoms with E-state index in [1.807, 2.05) is 0 Å². The Labute approximate surface area is 115 Å². The van der Waals surface area contributed by atoms with Crippen molar-refractivity contribution in [2.75, 3.05) is 20.6 Å². The number of amides is 3. The normalized spacial score (nSPS) is 11.3. The highest BCUT2D eigenvalue weighted by Gasteiger charge is 2.22. The van der Waals surface area contributed by atoms with Gasteiger partial charge in [-0.15, -0.1) is 0 Å². The molecule has 114 valence electrons. The fourth-order valence-corrected chi connectivity index (χ4v) is 1.28. The maximum Gasteiger partial charge on any atom is 0.326 e. The third-order valence-electron chi connectivity index (χ3n) is 2.54. The first-order valence-electron chi connectivity index (χ1n) is 5.94. The molecule has 4 N–H and O–H groups in total. The number of nitrogens with one attached hydrogen (secondary N) is 2. The van der Waals surface area contributed by atoms with Crippen LogP contribution in [0.2, 0.25) is 0 Å². The smallest absolute Gasteiger partial charge is 0.326 e. The lowest BCUT2D eigenvalue weighted by Gasteiger charge is -2.20. The van der Waals surface area contributed by atoms with Gasteiger partial charge >= 0.3 is 18.0 Å². The Morgan fingerprint density at radius 1 is 1.15 bits per heavy atom. The molecule has 3 amide bonds. The van der Waals surface area contributed by atoms with Crippen molar-refractivity contribution >= 4 is 23.9 Å². The molecule has 0 saturated heterocycles. The van der Waals surface area contributed by atoms with E-state index in [-0.39, 0.29) is 31.7 Å². The third kappa shape index (κ3) is 7.19. The molecule has 0 heterocycles. The number of carbonyl (C=O) groups is 4. The number of hydrogen-bond donors (Lipinski definition) is 4. The summed E-state index contributed by atoms with van der Waals surface area (Å²) >= 11 is 0. The highest BCUT2D eigenvalue weighted by Crippen LogP contribution is 2.00. The largest absolute Gasteiger partial charge is 0.481 e. The molecule has 0 saturated carbocycles. The Balaban J connectivity index is 4.33. The summed E-state index contributed by atoms with van der Waals surface area (Å²) in [4.78, 5) is 45.1. The van der Waals surface area contributed by atoms with E-state index in [1.165, 1.54) is 14.1 Å². The van der Waals surface area contributed by atoms with E-state index >= 15 is 0 Å². The van der Waals surface area contributed by atoms with Crippen molar-refractivity contribution in [2.45, 2.75) is 25.3 Å². The lowest BCUT2D eigenvalue weighted by atomic mass is 10.1. The molecule has 0 aromatic carbocycles. The SMILES string of the molecule is CNC(=O)CCN(C)C(=O)N[C@@H](CCC(=O)O)C(=O)O. The van der Waals surface area contributed by atoms with Crippen LogP contribution in [0.4, 0.5) is 4.79 Å². The van der Waals surface area contributed by atoms with E-state index < -0.39 is 24.0 Å². The number of carboxylic acids is 2. The first-order valence-corrected chi connectivity index (χ1v) is 5.94. The molecule has 9 heteroatoms. The fourth-order valence-electron chi connectivity index (χ4n) is 1.28. The van der Waals surface area contributed by atoms with Crippen LogP contribution in [0.25, 0.3) is 0 Å². The minimum atomic E-state index is -1.31. The van der Waals surface area contributed by atoms with E-state index in [1.54, 1.807) is 0 Å². The van der Waals surface area contributed by atoms with Crippen LogP contribution in [-0.4, -0.2) is 65.7 Å². The zero-order valence-electron chi connectivity index (χ0n) is 11.4. The van der Waals surface area contributed by atoms with Crippen LogP contribution >= 0.6 is 0 Å². The maximum atomic E-state index is 11.7. The molecule has 0 aliphatic rings. The molecule has 1 atom stereocenters. The Morgan fingerprint density at radius 2 is 1.75 bits per heavy atom. The monoisotopic (exact) mass is 289 g/mol. The molecular formula is C11H19N3O6. The van der Waals surface area contributed by atoms with Gasteiger partial charge in [-0.1, -0.05) is 0 Å². The molecule has 0 aliphatic carbocycles. The van der Waals surface area contributed by atoms with E-state index in [0.29, 0.717) is 0 Å². The number of urea groups is 1. The lowest BCUT2D eigenvalue weighted by Crippen LogP contribution is -2.47. The van der Waals surface area contributed by atoms with Crippen LogP contribution < -0.4 is 10.6 Å². The Morgan fingerprint density at radius 3 is 2.20 bits per heavy atom. The van der Waals surface area contributed by atoms with Gasteiger partial charge < -0.3 is 25.7 Å². The topological polar surface area (TPSA) is 136 Å². The van der Waals surface area contributed by atoms with E-state index in [9.17, 15) is 19.2 Å². The maximum absolute atomic E-state index is 11.7. The Hall–Kier alpha value is -2.32. The highest BCUT2D eigenvalue weighted by atomic mass is 16.4. The Bertz CT molecular complexity index is 384. The van der Waals surface area contributed by atoms with Gasteiger partial charge in [-0.3, -0.25) is 9.59 Å². The van der Waals surface area contributed by atoms with Crippen molar-refractivity contribution in [1.82, 2.24) is 15.5 Å². The predicted molar refractivity (Wildman–Crippen MR) is 68.1 cm³/mol. The minimum Gasteiger partial charge on any atom is -0.481 e. The number of aliphatic carboxylic acids is 2. The van der Waals surface area contributed by atoms with Gasteiger partial charge in [0.25, 0.3) is 0 Å². The zero-order chi connectivity index (χ0) is 15.7. The molecule has 0 unspecified atom stereocenters. The van der Waals surface area contributed by atoms with Crippen molar-refractivity contribution in [2.24, 2.45) is 0 Å². The van der Waals surface area contributed by atoms with Gasteiger partial charge in [0.1, 0.15) is 6.04 Å². The van der Waals surface area contributed by atoms with Crippen LogP contribution in [0.1, 0.15) is 19.3 Å². The summed E-state index contributed by atoms with van der Waals surface area (Å²) in [5, 5.41) is 22.0. The van der Waals surface area contributed by atoms with Gasteiger partial charge in [-0.05, 0) is 6.42 Å². The molecule has 9 nitrogen and oxygen atoms in total. The fraction of sp³-hybridized carbons (Fsp3) is 0.636. The van der Waals surface area contributed by atoms with Gasteiger partial charge in [0.05, 0.1) is 0 Å². The van der Waals surface area contributed by atoms with Crippen LogP contribution in [0.3, 0.4) is 0 Å². The quantitative estimate of drug-likeness (QED) is 0.456. The third-order valence-corrected chi connectivity index (χ3v) is 2.54. The second-order valence-electron chi connectivity index (χ2n) is 4.12. The molecule has 0 aliphatic heterocycles. The summed E-state index contributed by atoms with van der Waals surface area (Å²) in [5.41, 5.74) is 0. The second-order valence-corrected chi connectivity index (χ2v) is 4.12. The summed E-state index contributed by atoms with van der Waals surface area (Å²) < 4.78 is 0. The molecular weight excluding hydrogens is 270 g/mol. The molecule has 0 radical (unpaired) electrons. The molecule has 20 heavy (non-hydrogen) atoms. The van der Waals surface area contributed by atoms with Crippen molar-refractivity contribution in [3.05, 3.63) is 0 Å². The number of carboxylic acid groups (broad SMARTS) is 2. The van der Waals surface area contributed by atoms with E-state index in [0.717, 1.165) is 4.90 Å². The van der Waals surface area contributed by atoms with Crippen LogP contribution in [0.15, 0.2) is 0 Å². The van der Waals surface area contributed by atoms with Crippen molar-refractivity contribution < 1.29 is 29.4 Å². The van der Waals surface area contributed by atoms with Gasteiger partial charge in [-0.25, -0.2) is 9.59 Å². The molecule has 0 fully saturated rings. The van der Waals surface area contributed by atoms with E-state index in [2.05, 4.69) is 10.6 Å². The molecule has 0 aromatic heterocycles. The average Bonchev–Trinajstić information content (AvgIpc) is 2.39. The van der Waals surface area contributed by atoms with Crippen molar-refractivity contribution in [3.63, 3.8) is 0 Å². The molecule has 0 spiro atoms. The summed E-state index contributed by atoms with van der Waals surface area (Å²) in [6, 6.07) is -1.95. The van der Waals surface area contributed by atoms with Crippen LogP contribution in [0.5, 0.6) is 0 Å². The number of nitrogens with zero attached hydrogens (tertiary/aromatic N) is 1. The highest BCUT2D eigenvalue weighted by molar-refractivity contribution is 5.83. The van der Waals surface area contributed by atoms with Gasteiger partial charge in [0.2, 0.25) is 5.91 Å².